The number of aromatic nitrogens is 1. The van der Waals surface area contributed by atoms with Gasteiger partial charge in [0, 0.05) is 54.4 Å². The van der Waals surface area contributed by atoms with Gasteiger partial charge in [0.2, 0.25) is 0 Å². The van der Waals surface area contributed by atoms with Gasteiger partial charge in [-0.2, -0.15) is 5.26 Å². The summed E-state index contributed by atoms with van der Waals surface area (Å²) in [5.41, 5.74) is 5.07. The number of pyridine rings is 1. The van der Waals surface area contributed by atoms with Crippen LogP contribution >= 0.6 is 0 Å². The molecule has 41 heavy (non-hydrogen) atoms. The largest absolute Gasteiger partial charge is 0.489 e. The smallest absolute Gasteiger partial charge is 0.251 e. The van der Waals surface area contributed by atoms with Crippen molar-refractivity contribution in [1.82, 2.24) is 15.2 Å². The van der Waals surface area contributed by atoms with Gasteiger partial charge in [-0.1, -0.05) is 18.2 Å². The van der Waals surface area contributed by atoms with Gasteiger partial charge >= 0.3 is 0 Å². The normalized spacial score (nSPS) is 22.4. The van der Waals surface area contributed by atoms with Crippen LogP contribution in [0.25, 0.3) is 33.6 Å². The van der Waals surface area contributed by atoms with Crippen LogP contribution in [0.5, 0.6) is 5.75 Å². The van der Waals surface area contributed by atoms with Gasteiger partial charge in [0.05, 0.1) is 18.8 Å². The lowest BCUT2D eigenvalue weighted by Gasteiger charge is -2.44. The molecule has 8 heteroatoms. The summed E-state index contributed by atoms with van der Waals surface area (Å²) in [5, 5.41) is 13.1. The summed E-state index contributed by atoms with van der Waals surface area (Å²) in [4.78, 5) is 19.9. The number of amides is 1. The molecule has 1 atom stereocenters. The molecule has 0 saturated carbocycles. The first kappa shape index (κ1) is 25.8. The first-order valence-corrected chi connectivity index (χ1v) is 14.5. The Morgan fingerprint density at radius 3 is 2.51 bits per heavy atom. The summed E-state index contributed by atoms with van der Waals surface area (Å²) in [6, 6.07) is 19.5. The van der Waals surface area contributed by atoms with E-state index in [1.807, 2.05) is 54.6 Å². The number of carbonyl (C=O) groups excluding carboxylic acids is 1. The van der Waals surface area contributed by atoms with E-state index in [-0.39, 0.29) is 18.1 Å². The van der Waals surface area contributed by atoms with Gasteiger partial charge in [-0.25, -0.2) is 0 Å². The predicted octanol–water partition coefficient (Wildman–Crippen LogP) is 5.42. The minimum absolute atomic E-state index is 0.0265. The molecule has 2 aromatic carbocycles. The van der Waals surface area contributed by atoms with Crippen molar-refractivity contribution in [1.29, 1.82) is 5.26 Å². The number of piperidine rings is 3. The molecule has 0 radical (unpaired) electrons. The van der Waals surface area contributed by atoms with Gasteiger partial charge in [0.1, 0.15) is 29.2 Å². The van der Waals surface area contributed by atoms with Crippen molar-refractivity contribution >= 4 is 17.0 Å². The number of nitrogens with one attached hydrogen (secondary N) is 1. The van der Waals surface area contributed by atoms with Gasteiger partial charge in [-0.05, 0) is 67.7 Å². The average Bonchev–Trinajstić information content (AvgIpc) is 3.47. The van der Waals surface area contributed by atoms with Crippen LogP contribution in [0.2, 0.25) is 0 Å². The molecule has 0 aliphatic carbocycles. The zero-order valence-electron chi connectivity index (χ0n) is 22.8. The monoisotopic (exact) mass is 548 g/mol. The average molecular weight is 549 g/mol. The highest BCUT2D eigenvalue weighted by Crippen LogP contribution is 2.36. The van der Waals surface area contributed by atoms with E-state index in [1.54, 1.807) is 6.20 Å². The summed E-state index contributed by atoms with van der Waals surface area (Å²) in [7, 11) is 0. The summed E-state index contributed by atoms with van der Waals surface area (Å²) in [6.45, 7) is 4.60. The molecule has 6 heterocycles. The first-order valence-electron chi connectivity index (χ1n) is 14.5. The van der Waals surface area contributed by atoms with Crippen LogP contribution in [0, 0.1) is 17.2 Å². The van der Waals surface area contributed by atoms with Crippen LogP contribution in [0.1, 0.15) is 41.6 Å². The quantitative estimate of drug-likeness (QED) is 0.344. The van der Waals surface area contributed by atoms with E-state index in [4.69, 9.17) is 13.9 Å². The molecule has 4 aliphatic heterocycles. The van der Waals surface area contributed by atoms with Gasteiger partial charge in [-0.15, -0.1) is 0 Å². The Balaban J connectivity index is 1.11. The molecule has 4 aromatic rings. The summed E-state index contributed by atoms with van der Waals surface area (Å²) >= 11 is 0. The fourth-order valence-corrected chi connectivity index (χ4v) is 6.33. The highest BCUT2D eigenvalue weighted by molar-refractivity contribution is 5.95. The van der Waals surface area contributed by atoms with Gasteiger partial charge < -0.3 is 24.1 Å². The Labute approximate surface area is 238 Å². The molecule has 4 saturated heterocycles. The van der Waals surface area contributed by atoms with Crippen LogP contribution in [0.3, 0.4) is 0 Å². The Bertz CT molecular complexity index is 1610. The van der Waals surface area contributed by atoms with Gasteiger partial charge in [0.25, 0.3) is 5.91 Å². The number of benzene rings is 2. The maximum Gasteiger partial charge on any atom is 0.251 e. The molecule has 4 aliphatic rings. The second-order valence-corrected chi connectivity index (χ2v) is 11.2. The van der Waals surface area contributed by atoms with E-state index in [1.165, 1.54) is 0 Å². The van der Waals surface area contributed by atoms with Crippen LogP contribution < -0.4 is 10.1 Å². The van der Waals surface area contributed by atoms with Crippen molar-refractivity contribution in [3.63, 3.8) is 0 Å². The third kappa shape index (κ3) is 5.19. The highest BCUT2D eigenvalue weighted by Gasteiger charge is 2.35. The van der Waals surface area contributed by atoms with Gasteiger partial charge in [0.15, 0.2) is 5.58 Å². The number of hydrogen-bond acceptors (Lipinski definition) is 7. The Morgan fingerprint density at radius 1 is 1.00 bits per heavy atom. The number of carbonyl (C=O) groups is 1. The molecular weight excluding hydrogens is 516 g/mol. The predicted molar refractivity (Wildman–Crippen MR) is 154 cm³/mol. The minimum Gasteiger partial charge on any atom is -0.489 e. The zero-order valence-corrected chi connectivity index (χ0v) is 22.8. The summed E-state index contributed by atoms with van der Waals surface area (Å²) in [5.74, 6) is 1.82. The Hall–Kier alpha value is -4.19. The van der Waals surface area contributed by atoms with Crippen molar-refractivity contribution in [3.8, 4) is 34.3 Å². The minimum atomic E-state index is -0.0265. The van der Waals surface area contributed by atoms with Crippen molar-refractivity contribution in [3.05, 3.63) is 71.9 Å². The molecular formula is C33H32N4O4. The van der Waals surface area contributed by atoms with Crippen molar-refractivity contribution in [2.24, 2.45) is 5.92 Å². The number of fused-ring (bicyclic) bond motifs is 4. The standard InChI is InChI=1S/C33H32N4O4/c34-19-25-17-24(5-6-30(25)40-26-10-15-39-16-11-26)27-7-12-35-28-18-31(41-32(27)28)22-1-3-23(4-2-22)33(38)36-29-20-37-13-8-21(29)9-14-37/h1-7,12,17-18,21,26,29H,8-11,13-16,20H2,(H,36,38). The van der Waals surface area contributed by atoms with E-state index >= 15 is 0 Å². The number of ether oxygens (including phenoxy) is 2. The molecule has 1 amide bonds. The second-order valence-electron chi connectivity index (χ2n) is 11.2. The van der Waals surface area contributed by atoms with Crippen LogP contribution in [0.4, 0.5) is 0 Å². The Morgan fingerprint density at radius 2 is 1.78 bits per heavy atom. The molecule has 1 unspecified atom stereocenters. The number of nitrogens with zero attached hydrogens (tertiary/aromatic N) is 3. The maximum absolute atomic E-state index is 13.0. The molecule has 8 rings (SSSR count). The number of hydrogen-bond donors (Lipinski definition) is 1. The molecule has 2 bridgehead atoms. The van der Waals surface area contributed by atoms with E-state index in [9.17, 15) is 10.1 Å². The fraction of sp³-hybridized carbons (Fsp3) is 0.364. The number of furan rings is 1. The molecule has 0 spiro atoms. The van der Waals surface area contributed by atoms with Crippen molar-refractivity contribution in [2.75, 3.05) is 32.8 Å². The van der Waals surface area contributed by atoms with Crippen LogP contribution in [0.15, 0.2) is 65.2 Å². The van der Waals surface area contributed by atoms with E-state index in [0.717, 1.165) is 67.5 Å². The molecule has 1 N–H and O–H groups in total. The van der Waals surface area contributed by atoms with E-state index in [0.29, 0.717) is 47.4 Å². The third-order valence-corrected chi connectivity index (χ3v) is 8.69. The lowest BCUT2D eigenvalue weighted by molar-refractivity contribution is 0.0254. The lowest BCUT2D eigenvalue weighted by atomic mass is 9.84. The fourth-order valence-electron chi connectivity index (χ4n) is 6.33. The SMILES string of the molecule is N#Cc1cc(-c2ccnc3cc(-c4ccc(C(=O)NC5CN6CCC5CC6)cc4)oc23)ccc1OC1CCOCC1. The van der Waals surface area contributed by atoms with Gasteiger partial charge in [-0.3, -0.25) is 9.78 Å². The lowest BCUT2D eigenvalue weighted by Crippen LogP contribution is -2.57. The Kier molecular flexibility index (Phi) is 6.91. The third-order valence-electron chi connectivity index (χ3n) is 8.69. The molecule has 2 aromatic heterocycles. The van der Waals surface area contributed by atoms with Crippen LogP contribution in [-0.2, 0) is 4.74 Å². The van der Waals surface area contributed by atoms with E-state index in [2.05, 4.69) is 21.3 Å². The topological polar surface area (TPSA) is 101 Å². The molecule has 208 valence electrons. The maximum atomic E-state index is 13.0. The first-order chi connectivity index (χ1) is 20.1. The van der Waals surface area contributed by atoms with Crippen molar-refractivity contribution < 1.29 is 18.7 Å². The summed E-state index contributed by atoms with van der Waals surface area (Å²) in [6.07, 6.45) is 5.77. The second kappa shape index (κ2) is 11.0. The highest BCUT2D eigenvalue weighted by atomic mass is 16.5. The molecule has 4 fully saturated rings. The molecule has 8 nitrogen and oxygen atoms in total. The summed E-state index contributed by atoms with van der Waals surface area (Å²) < 4.78 is 17.9. The van der Waals surface area contributed by atoms with Crippen molar-refractivity contribution in [2.45, 2.75) is 37.8 Å². The van der Waals surface area contributed by atoms with E-state index < -0.39 is 0 Å². The number of rotatable bonds is 6. The zero-order chi connectivity index (χ0) is 27.8. The van der Waals surface area contributed by atoms with Crippen LogP contribution in [-0.4, -0.2) is 60.8 Å². The number of nitriles is 1.